The van der Waals surface area contributed by atoms with Gasteiger partial charge in [-0.05, 0) is 19.4 Å². The lowest BCUT2D eigenvalue weighted by Gasteiger charge is -2.16. The van der Waals surface area contributed by atoms with E-state index in [2.05, 4.69) is 0 Å². The average molecular weight is 200 g/mol. The van der Waals surface area contributed by atoms with E-state index in [1.807, 2.05) is 0 Å². The van der Waals surface area contributed by atoms with Crippen LogP contribution in [0.15, 0.2) is 11.8 Å². The van der Waals surface area contributed by atoms with E-state index in [0.29, 0.717) is 19.3 Å². The van der Waals surface area contributed by atoms with Crippen LogP contribution in [0.5, 0.6) is 0 Å². The summed E-state index contributed by atoms with van der Waals surface area (Å²) < 4.78 is 4.99. The van der Waals surface area contributed by atoms with Gasteiger partial charge in [0, 0.05) is 12.8 Å². The predicted octanol–water partition coefficient (Wildman–Crippen LogP) is 1.29. The van der Waals surface area contributed by atoms with Crippen LogP contribution < -0.4 is 0 Å². The molecule has 1 aliphatic rings. The lowest BCUT2D eigenvalue weighted by molar-refractivity contribution is -0.150. The van der Waals surface area contributed by atoms with E-state index in [4.69, 9.17) is 4.74 Å². The Kier molecular flexibility index (Phi) is 3.95. The molecule has 0 aromatic carbocycles. The molecule has 4 heteroatoms. The summed E-state index contributed by atoms with van der Waals surface area (Å²) in [4.78, 5) is 11.1. The lowest BCUT2D eigenvalue weighted by Crippen LogP contribution is -2.21. The minimum atomic E-state index is -0.719. The van der Waals surface area contributed by atoms with E-state index in [1.165, 1.54) is 0 Å². The number of carbonyl (C=O) groups is 1. The quantitative estimate of drug-likeness (QED) is 0.578. The topological polar surface area (TPSA) is 66.8 Å². The van der Waals surface area contributed by atoms with Crippen molar-refractivity contribution in [1.82, 2.24) is 0 Å². The molecule has 0 spiro atoms. The maximum atomic E-state index is 11.1. The van der Waals surface area contributed by atoms with Crippen molar-refractivity contribution in [3.05, 3.63) is 11.8 Å². The second-order valence-electron chi connectivity index (χ2n) is 3.63. The third kappa shape index (κ3) is 3.79. The molecule has 80 valence electrons. The molecular formula is C10H16O4. The van der Waals surface area contributed by atoms with Crippen LogP contribution in [0, 0.1) is 0 Å². The molecule has 0 saturated heterocycles. The molecule has 1 heterocycles. The number of hydrogen-bond donors (Lipinski definition) is 2. The van der Waals surface area contributed by atoms with Crippen molar-refractivity contribution < 1.29 is 19.7 Å². The number of esters is 1. The number of aliphatic hydroxyl groups is 2. The van der Waals surface area contributed by atoms with Crippen LogP contribution in [0.25, 0.3) is 0 Å². The van der Waals surface area contributed by atoms with Crippen LogP contribution in [0.2, 0.25) is 0 Å². The summed E-state index contributed by atoms with van der Waals surface area (Å²) in [5.74, 6) is -0.117. The molecule has 0 amide bonds. The van der Waals surface area contributed by atoms with Crippen LogP contribution in [-0.4, -0.2) is 28.4 Å². The standard InChI is InChI=1S/C10H16O4/c1-7-2-3-8(11)4-5-9(12)6-10(13)14-7/h3,7,9,11-12H,2,4-6H2,1H3/b8-3+. The van der Waals surface area contributed by atoms with Crippen LogP contribution in [0.3, 0.4) is 0 Å². The molecule has 0 radical (unpaired) electrons. The van der Waals surface area contributed by atoms with Gasteiger partial charge >= 0.3 is 5.97 Å². The van der Waals surface area contributed by atoms with Gasteiger partial charge < -0.3 is 14.9 Å². The van der Waals surface area contributed by atoms with Gasteiger partial charge in [-0.2, -0.15) is 0 Å². The summed E-state index contributed by atoms with van der Waals surface area (Å²) in [5, 5.41) is 18.7. The molecule has 14 heavy (non-hydrogen) atoms. The fraction of sp³-hybridized carbons (Fsp3) is 0.700. The smallest absolute Gasteiger partial charge is 0.308 e. The Balaban J connectivity index is 2.60. The second-order valence-corrected chi connectivity index (χ2v) is 3.63. The third-order valence-corrected chi connectivity index (χ3v) is 2.15. The SMILES string of the molecule is CC1C/C=C(/O)CCC(O)CC(=O)O1. The molecule has 1 aliphatic heterocycles. The first kappa shape index (κ1) is 11.0. The minimum Gasteiger partial charge on any atom is -0.513 e. The Hall–Kier alpha value is -1.03. The highest BCUT2D eigenvalue weighted by molar-refractivity contribution is 5.70. The molecule has 0 fully saturated rings. The molecule has 2 unspecified atom stereocenters. The van der Waals surface area contributed by atoms with E-state index < -0.39 is 6.10 Å². The molecule has 0 saturated carbocycles. The largest absolute Gasteiger partial charge is 0.513 e. The average Bonchev–Trinajstić information content (AvgIpc) is 2.10. The predicted molar refractivity (Wildman–Crippen MR) is 50.7 cm³/mol. The summed E-state index contributed by atoms with van der Waals surface area (Å²) >= 11 is 0. The molecule has 2 N–H and O–H groups in total. The summed E-state index contributed by atoms with van der Waals surface area (Å²) in [6.45, 7) is 1.76. The highest BCUT2D eigenvalue weighted by atomic mass is 16.5. The van der Waals surface area contributed by atoms with Crippen LogP contribution in [0.1, 0.15) is 32.6 Å². The number of cyclic esters (lactones) is 1. The summed E-state index contributed by atoms with van der Waals surface area (Å²) in [5.41, 5.74) is 0. The Morgan fingerprint density at radius 1 is 1.57 bits per heavy atom. The van der Waals surface area contributed by atoms with Gasteiger partial charge in [-0.1, -0.05) is 0 Å². The van der Waals surface area contributed by atoms with Gasteiger partial charge in [0.1, 0.15) is 6.10 Å². The number of ether oxygens (including phenoxy) is 1. The first-order valence-electron chi connectivity index (χ1n) is 4.83. The molecule has 0 bridgehead atoms. The number of rotatable bonds is 0. The second kappa shape index (κ2) is 5.00. The van der Waals surface area contributed by atoms with Gasteiger partial charge in [0.25, 0.3) is 0 Å². The Morgan fingerprint density at radius 2 is 2.29 bits per heavy atom. The molecule has 4 nitrogen and oxygen atoms in total. The summed E-state index contributed by atoms with van der Waals surface area (Å²) in [6.07, 6.45) is 2.02. The number of carbonyl (C=O) groups excluding carboxylic acids is 1. The van der Waals surface area contributed by atoms with Crippen molar-refractivity contribution in [3.8, 4) is 0 Å². The normalized spacial score (nSPS) is 34.1. The zero-order valence-electron chi connectivity index (χ0n) is 8.27. The van der Waals surface area contributed by atoms with Gasteiger partial charge in [0.05, 0.1) is 18.3 Å². The van der Waals surface area contributed by atoms with Crippen molar-refractivity contribution >= 4 is 5.97 Å². The number of allylic oxidation sites excluding steroid dienone is 1. The molecule has 2 atom stereocenters. The van der Waals surface area contributed by atoms with Crippen molar-refractivity contribution in [2.24, 2.45) is 0 Å². The Bertz CT molecular complexity index is 234. The highest BCUT2D eigenvalue weighted by Crippen LogP contribution is 2.13. The van der Waals surface area contributed by atoms with Crippen molar-refractivity contribution in [3.63, 3.8) is 0 Å². The van der Waals surface area contributed by atoms with E-state index in [-0.39, 0.29) is 24.3 Å². The molecule has 1 rings (SSSR count). The van der Waals surface area contributed by atoms with E-state index in [1.54, 1.807) is 13.0 Å². The number of hydrogen-bond acceptors (Lipinski definition) is 4. The van der Waals surface area contributed by atoms with E-state index >= 15 is 0 Å². The van der Waals surface area contributed by atoms with Crippen molar-refractivity contribution in [2.45, 2.75) is 44.8 Å². The number of aliphatic hydroxyl groups excluding tert-OH is 2. The zero-order valence-corrected chi connectivity index (χ0v) is 8.27. The maximum absolute atomic E-state index is 11.1. The first-order valence-corrected chi connectivity index (χ1v) is 4.83. The first-order chi connectivity index (χ1) is 6.58. The molecule has 0 aromatic heterocycles. The van der Waals surface area contributed by atoms with Crippen LogP contribution in [-0.2, 0) is 9.53 Å². The monoisotopic (exact) mass is 200 g/mol. The molecule has 0 aliphatic carbocycles. The van der Waals surface area contributed by atoms with Crippen molar-refractivity contribution in [2.75, 3.05) is 0 Å². The fourth-order valence-electron chi connectivity index (χ4n) is 1.33. The fourth-order valence-corrected chi connectivity index (χ4v) is 1.33. The zero-order chi connectivity index (χ0) is 10.6. The highest BCUT2D eigenvalue weighted by Gasteiger charge is 2.16. The van der Waals surface area contributed by atoms with Gasteiger partial charge in [-0.3, -0.25) is 4.79 Å². The van der Waals surface area contributed by atoms with Gasteiger partial charge in [-0.25, -0.2) is 0 Å². The summed E-state index contributed by atoms with van der Waals surface area (Å²) in [7, 11) is 0. The van der Waals surface area contributed by atoms with Gasteiger partial charge in [0.15, 0.2) is 0 Å². The summed E-state index contributed by atoms with van der Waals surface area (Å²) in [6, 6.07) is 0. The van der Waals surface area contributed by atoms with Crippen LogP contribution >= 0.6 is 0 Å². The van der Waals surface area contributed by atoms with E-state index in [0.717, 1.165) is 0 Å². The van der Waals surface area contributed by atoms with Crippen molar-refractivity contribution in [1.29, 1.82) is 0 Å². The van der Waals surface area contributed by atoms with Gasteiger partial charge in [-0.15, -0.1) is 0 Å². The Morgan fingerprint density at radius 3 is 3.00 bits per heavy atom. The minimum absolute atomic E-state index is 0.0115. The lowest BCUT2D eigenvalue weighted by atomic mass is 10.1. The third-order valence-electron chi connectivity index (χ3n) is 2.15. The molecular weight excluding hydrogens is 184 g/mol. The Labute approximate surface area is 83.2 Å². The maximum Gasteiger partial charge on any atom is 0.308 e. The van der Waals surface area contributed by atoms with E-state index in [9.17, 15) is 15.0 Å². The van der Waals surface area contributed by atoms with Crippen LogP contribution in [0.4, 0.5) is 0 Å². The van der Waals surface area contributed by atoms with Gasteiger partial charge in [0.2, 0.25) is 0 Å². The molecule has 0 aromatic rings.